The Bertz CT molecular complexity index is 297. The van der Waals surface area contributed by atoms with Gasteiger partial charge in [0, 0.05) is 21.2 Å². The van der Waals surface area contributed by atoms with Crippen molar-refractivity contribution in [3.05, 3.63) is 28.5 Å². The highest BCUT2D eigenvalue weighted by atomic mass is 79.9. The van der Waals surface area contributed by atoms with Crippen LogP contribution in [0.15, 0.2) is 22.8 Å². The smallest absolute Gasteiger partial charge is 0.0413 e. The highest BCUT2D eigenvalue weighted by Crippen LogP contribution is 2.32. The fraction of sp³-hybridized carbons (Fsp3) is 0.545. The number of aromatic nitrogens is 1. The van der Waals surface area contributed by atoms with Crippen LogP contribution in [0.1, 0.15) is 25.0 Å². The molecule has 1 saturated carbocycles. The molecule has 14 heavy (non-hydrogen) atoms. The van der Waals surface area contributed by atoms with Crippen LogP contribution in [0.3, 0.4) is 0 Å². The van der Waals surface area contributed by atoms with E-state index < -0.39 is 0 Å². The maximum Gasteiger partial charge on any atom is 0.0413 e. The third kappa shape index (κ3) is 2.80. The first-order chi connectivity index (χ1) is 6.74. The summed E-state index contributed by atoms with van der Waals surface area (Å²) in [5, 5.41) is 0. The fourth-order valence-electron chi connectivity index (χ4n) is 2.02. The number of hydrogen-bond donors (Lipinski definition) is 0. The van der Waals surface area contributed by atoms with E-state index in [0.29, 0.717) is 0 Å². The fourth-order valence-corrected chi connectivity index (χ4v) is 3.05. The monoisotopic (exact) mass is 317 g/mol. The number of halogens is 2. The van der Waals surface area contributed by atoms with Crippen LogP contribution in [-0.2, 0) is 6.42 Å². The summed E-state index contributed by atoms with van der Waals surface area (Å²) in [4.78, 5) is 5.14. The molecule has 1 aliphatic carbocycles. The van der Waals surface area contributed by atoms with Crippen molar-refractivity contribution in [3.63, 3.8) is 0 Å². The van der Waals surface area contributed by atoms with E-state index in [1.807, 2.05) is 6.20 Å². The molecule has 1 aromatic rings. The van der Waals surface area contributed by atoms with E-state index in [-0.39, 0.29) is 0 Å². The molecule has 3 heteroatoms. The standard InChI is InChI=1S/C11H13Br2N/c12-9-2-1-8(5-9)6-11-4-3-10(13)7-14-11/h3-4,7-9H,1-2,5-6H2. The molecule has 0 saturated heterocycles. The molecular weight excluding hydrogens is 306 g/mol. The molecule has 0 aromatic carbocycles. The maximum atomic E-state index is 4.40. The zero-order chi connectivity index (χ0) is 9.97. The molecule has 0 aliphatic heterocycles. The van der Waals surface area contributed by atoms with Gasteiger partial charge in [0.25, 0.3) is 0 Å². The van der Waals surface area contributed by atoms with Crippen molar-refractivity contribution < 1.29 is 0 Å². The van der Waals surface area contributed by atoms with Crippen molar-refractivity contribution in [1.29, 1.82) is 0 Å². The zero-order valence-electron chi connectivity index (χ0n) is 7.92. The summed E-state index contributed by atoms with van der Waals surface area (Å²) in [6, 6.07) is 4.19. The van der Waals surface area contributed by atoms with Crippen molar-refractivity contribution >= 4 is 31.9 Å². The molecule has 0 spiro atoms. The summed E-state index contributed by atoms with van der Waals surface area (Å²) < 4.78 is 1.06. The lowest BCUT2D eigenvalue weighted by Gasteiger charge is -2.07. The molecule has 0 amide bonds. The number of rotatable bonds is 2. The second-order valence-electron chi connectivity index (χ2n) is 3.95. The van der Waals surface area contributed by atoms with E-state index in [2.05, 4.69) is 49.0 Å². The second-order valence-corrected chi connectivity index (χ2v) is 6.16. The van der Waals surface area contributed by atoms with Crippen molar-refractivity contribution in [2.45, 2.75) is 30.5 Å². The van der Waals surface area contributed by atoms with Gasteiger partial charge in [0.1, 0.15) is 0 Å². The van der Waals surface area contributed by atoms with Gasteiger partial charge >= 0.3 is 0 Å². The maximum absolute atomic E-state index is 4.40. The van der Waals surface area contributed by atoms with Crippen molar-refractivity contribution in [1.82, 2.24) is 4.98 Å². The lowest BCUT2D eigenvalue weighted by molar-refractivity contribution is 0.541. The summed E-state index contributed by atoms with van der Waals surface area (Å²) >= 11 is 7.07. The van der Waals surface area contributed by atoms with Crippen molar-refractivity contribution in [2.24, 2.45) is 5.92 Å². The Morgan fingerprint density at radius 1 is 1.36 bits per heavy atom. The van der Waals surface area contributed by atoms with Gasteiger partial charge in [0.2, 0.25) is 0 Å². The Balaban J connectivity index is 1.94. The first-order valence-corrected chi connectivity index (χ1v) is 6.69. The molecule has 1 nitrogen and oxygen atoms in total. The van der Waals surface area contributed by atoms with Gasteiger partial charge in [-0.2, -0.15) is 0 Å². The summed E-state index contributed by atoms with van der Waals surface area (Å²) in [5.41, 5.74) is 1.22. The van der Waals surface area contributed by atoms with Gasteiger partial charge < -0.3 is 0 Å². The van der Waals surface area contributed by atoms with Gasteiger partial charge in [0.15, 0.2) is 0 Å². The van der Waals surface area contributed by atoms with E-state index in [1.165, 1.54) is 25.0 Å². The largest absolute Gasteiger partial charge is 0.260 e. The lowest BCUT2D eigenvalue weighted by atomic mass is 10.0. The number of alkyl halides is 1. The van der Waals surface area contributed by atoms with Crippen LogP contribution in [0, 0.1) is 5.92 Å². The Morgan fingerprint density at radius 3 is 2.79 bits per heavy atom. The van der Waals surface area contributed by atoms with Gasteiger partial charge in [-0.1, -0.05) is 15.9 Å². The van der Waals surface area contributed by atoms with Crippen LogP contribution in [0.2, 0.25) is 0 Å². The third-order valence-corrected chi connectivity index (χ3v) is 4.06. The topological polar surface area (TPSA) is 12.9 Å². The van der Waals surface area contributed by atoms with E-state index in [0.717, 1.165) is 21.6 Å². The molecule has 2 atom stereocenters. The zero-order valence-corrected chi connectivity index (χ0v) is 11.1. The normalized spacial score (nSPS) is 26.7. The molecule has 0 bridgehead atoms. The summed E-state index contributed by atoms with van der Waals surface area (Å²) in [6.45, 7) is 0. The Labute approximate surface area is 102 Å². The minimum absolute atomic E-state index is 0.739. The van der Waals surface area contributed by atoms with E-state index in [9.17, 15) is 0 Å². The molecule has 1 aliphatic rings. The Morgan fingerprint density at radius 2 is 2.21 bits per heavy atom. The molecule has 2 rings (SSSR count). The van der Waals surface area contributed by atoms with Crippen molar-refractivity contribution in [2.75, 3.05) is 0 Å². The molecule has 2 unspecified atom stereocenters. The van der Waals surface area contributed by atoms with Gasteiger partial charge in [0.05, 0.1) is 0 Å². The molecule has 1 fully saturated rings. The highest BCUT2D eigenvalue weighted by molar-refractivity contribution is 9.10. The molecule has 0 radical (unpaired) electrons. The van der Waals surface area contributed by atoms with Crippen LogP contribution in [0.5, 0.6) is 0 Å². The predicted octanol–water partition coefficient (Wildman–Crippen LogP) is 3.95. The molecule has 0 N–H and O–H groups in total. The number of hydrogen-bond acceptors (Lipinski definition) is 1. The van der Waals surface area contributed by atoms with Crippen LogP contribution in [-0.4, -0.2) is 9.81 Å². The average Bonchev–Trinajstić information content (AvgIpc) is 2.56. The first kappa shape index (κ1) is 10.6. The Kier molecular flexibility index (Phi) is 3.61. The SMILES string of the molecule is Brc1ccc(CC2CCC(Br)C2)nc1. The van der Waals surface area contributed by atoms with Gasteiger partial charge in [-0.3, -0.25) is 4.98 Å². The van der Waals surface area contributed by atoms with E-state index in [4.69, 9.17) is 0 Å². The van der Waals surface area contributed by atoms with E-state index >= 15 is 0 Å². The average molecular weight is 319 g/mol. The number of pyridine rings is 1. The molecule has 76 valence electrons. The highest BCUT2D eigenvalue weighted by Gasteiger charge is 2.22. The summed E-state index contributed by atoms with van der Waals surface area (Å²) in [6.07, 6.45) is 6.98. The van der Waals surface area contributed by atoms with Crippen molar-refractivity contribution in [3.8, 4) is 0 Å². The quantitative estimate of drug-likeness (QED) is 0.752. The summed E-state index contributed by atoms with van der Waals surface area (Å²) in [7, 11) is 0. The minimum atomic E-state index is 0.739. The van der Waals surface area contributed by atoms with Gasteiger partial charge in [-0.15, -0.1) is 0 Å². The molecular formula is C11H13Br2N. The van der Waals surface area contributed by atoms with Crippen LogP contribution >= 0.6 is 31.9 Å². The minimum Gasteiger partial charge on any atom is -0.260 e. The summed E-state index contributed by atoms with van der Waals surface area (Å²) in [5.74, 6) is 0.827. The third-order valence-electron chi connectivity index (χ3n) is 2.76. The molecule has 1 heterocycles. The van der Waals surface area contributed by atoms with Crippen LogP contribution in [0.4, 0.5) is 0 Å². The van der Waals surface area contributed by atoms with E-state index in [1.54, 1.807) is 0 Å². The number of nitrogens with zero attached hydrogens (tertiary/aromatic N) is 1. The van der Waals surface area contributed by atoms with Gasteiger partial charge in [-0.05, 0) is 59.7 Å². The molecule has 1 aromatic heterocycles. The first-order valence-electron chi connectivity index (χ1n) is 4.98. The van der Waals surface area contributed by atoms with Gasteiger partial charge in [-0.25, -0.2) is 0 Å². The second kappa shape index (κ2) is 4.75. The predicted molar refractivity (Wildman–Crippen MR) is 65.7 cm³/mol. The van der Waals surface area contributed by atoms with Crippen LogP contribution < -0.4 is 0 Å². The lowest BCUT2D eigenvalue weighted by Crippen LogP contribution is -2.01. The van der Waals surface area contributed by atoms with Crippen LogP contribution in [0.25, 0.3) is 0 Å². The Hall–Kier alpha value is 0.110.